The fraction of sp³-hybridized carbons (Fsp3) is 0.769. The fourth-order valence-corrected chi connectivity index (χ4v) is 2.71. The molecule has 0 radical (unpaired) electrons. The highest BCUT2D eigenvalue weighted by atomic mass is 32.2. The van der Waals surface area contributed by atoms with Crippen LogP contribution >= 0.6 is 11.8 Å². The molecule has 1 rings (SSSR count). The molecule has 1 atom stereocenters. The number of thioether (sulfide) groups is 1. The summed E-state index contributed by atoms with van der Waals surface area (Å²) in [5, 5.41) is 8.07. The Balaban J connectivity index is 2.38. The van der Waals surface area contributed by atoms with E-state index in [-0.39, 0.29) is 0 Å². The third kappa shape index (κ3) is 6.13. The van der Waals surface area contributed by atoms with Gasteiger partial charge in [0, 0.05) is 31.5 Å². The zero-order valence-electron chi connectivity index (χ0n) is 11.3. The Morgan fingerprint density at radius 1 is 1.41 bits per heavy atom. The van der Waals surface area contributed by atoms with Crippen LogP contribution in [0.25, 0.3) is 0 Å². The topological polar surface area (TPSA) is 29.9 Å². The van der Waals surface area contributed by atoms with E-state index in [0.29, 0.717) is 6.04 Å². The molecule has 17 heavy (non-hydrogen) atoms. The van der Waals surface area contributed by atoms with Crippen LogP contribution in [0.5, 0.6) is 0 Å². The van der Waals surface area contributed by atoms with Crippen LogP contribution in [0, 0.1) is 0 Å². The number of hydrogen-bond acceptors (Lipinski definition) is 3. The molecule has 0 saturated heterocycles. The van der Waals surface area contributed by atoms with Crippen molar-refractivity contribution in [1.29, 1.82) is 0 Å². The zero-order valence-corrected chi connectivity index (χ0v) is 12.1. The molecule has 1 heterocycles. The summed E-state index contributed by atoms with van der Waals surface area (Å²) in [6, 6.07) is 2.67. The minimum atomic E-state index is 0.557. The molecule has 0 fully saturated rings. The van der Waals surface area contributed by atoms with Crippen molar-refractivity contribution in [2.45, 2.75) is 39.2 Å². The molecule has 0 amide bonds. The van der Waals surface area contributed by atoms with Gasteiger partial charge in [-0.05, 0) is 31.2 Å². The van der Waals surface area contributed by atoms with Crippen LogP contribution in [0.2, 0.25) is 0 Å². The predicted octanol–water partition coefficient (Wildman–Crippen LogP) is 2.47. The lowest BCUT2D eigenvalue weighted by atomic mass is 10.2. The van der Waals surface area contributed by atoms with E-state index in [1.165, 1.54) is 30.0 Å². The molecule has 0 aliphatic carbocycles. The quantitative estimate of drug-likeness (QED) is 0.688. The van der Waals surface area contributed by atoms with Gasteiger partial charge in [-0.3, -0.25) is 4.68 Å². The first-order valence-corrected chi connectivity index (χ1v) is 7.71. The summed E-state index contributed by atoms with van der Waals surface area (Å²) in [6.07, 6.45) is 5.51. The van der Waals surface area contributed by atoms with E-state index in [1.54, 1.807) is 0 Å². The average molecular weight is 255 g/mol. The van der Waals surface area contributed by atoms with Gasteiger partial charge in [0.25, 0.3) is 0 Å². The highest BCUT2D eigenvalue weighted by molar-refractivity contribution is 7.99. The van der Waals surface area contributed by atoms with E-state index in [4.69, 9.17) is 0 Å². The molecule has 1 unspecified atom stereocenters. The van der Waals surface area contributed by atoms with Crippen LogP contribution in [0.3, 0.4) is 0 Å². The summed E-state index contributed by atoms with van der Waals surface area (Å²) in [5.74, 6) is 2.44. The number of nitrogens with zero attached hydrogens (tertiary/aromatic N) is 2. The average Bonchev–Trinajstić information content (AvgIpc) is 2.72. The lowest BCUT2D eigenvalue weighted by Gasteiger charge is -2.17. The van der Waals surface area contributed by atoms with Crippen LogP contribution in [0.1, 0.15) is 32.4 Å². The minimum Gasteiger partial charge on any atom is -0.313 e. The summed E-state index contributed by atoms with van der Waals surface area (Å²) in [5.41, 5.74) is 1.19. The molecule has 0 aromatic carbocycles. The molecule has 0 aliphatic heterocycles. The second-order valence-electron chi connectivity index (χ2n) is 4.41. The van der Waals surface area contributed by atoms with Gasteiger partial charge in [-0.1, -0.05) is 13.8 Å². The number of hydrogen-bond donors (Lipinski definition) is 1. The molecule has 1 N–H and O–H groups in total. The first-order valence-electron chi connectivity index (χ1n) is 6.55. The van der Waals surface area contributed by atoms with Crippen LogP contribution in [0.4, 0.5) is 0 Å². The van der Waals surface area contributed by atoms with Gasteiger partial charge in [-0.2, -0.15) is 16.9 Å². The normalized spacial score (nSPS) is 12.9. The van der Waals surface area contributed by atoms with Gasteiger partial charge in [0.05, 0.1) is 5.69 Å². The lowest BCUT2D eigenvalue weighted by molar-refractivity contribution is 0.541. The Bertz CT molecular complexity index is 299. The van der Waals surface area contributed by atoms with E-state index >= 15 is 0 Å². The molecule has 1 aromatic heterocycles. The Kier molecular flexibility index (Phi) is 7.37. The smallest absolute Gasteiger partial charge is 0.0640 e. The third-order valence-corrected chi connectivity index (χ3v) is 3.91. The maximum Gasteiger partial charge on any atom is 0.0640 e. The highest BCUT2D eigenvalue weighted by Gasteiger charge is 2.10. The van der Waals surface area contributed by atoms with Gasteiger partial charge in [0.15, 0.2) is 0 Å². The Morgan fingerprint density at radius 3 is 2.82 bits per heavy atom. The molecule has 1 aromatic rings. The highest BCUT2D eigenvalue weighted by Crippen LogP contribution is 2.09. The zero-order chi connectivity index (χ0) is 12.5. The Hall–Kier alpha value is -0.480. The van der Waals surface area contributed by atoms with Crippen molar-refractivity contribution in [2.24, 2.45) is 7.05 Å². The van der Waals surface area contributed by atoms with Crippen LogP contribution in [0.15, 0.2) is 12.3 Å². The standard InChI is InChI=1S/C13H25N3S/c1-4-7-14-13(11-17-9-5-2)10-12-6-8-16(3)15-12/h6,8,13-14H,4-5,7,9-11H2,1-3H3. The Labute approximate surface area is 109 Å². The molecular weight excluding hydrogens is 230 g/mol. The van der Waals surface area contributed by atoms with Crippen molar-refractivity contribution in [2.75, 3.05) is 18.1 Å². The molecule has 98 valence electrons. The van der Waals surface area contributed by atoms with Crippen molar-refractivity contribution in [3.05, 3.63) is 18.0 Å². The van der Waals surface area contributed by atoms with Gasteiger partial charge in [-0.15, -0.1) is 0 Å². The SMILES string of the molecule is CCCNC(CSCCC)Cc1ccn(C)n1. The maximum absolute atomic E-state index is 4.45. The van der Waals surface area contributed by atoms with Gasteiger partial charge in [-0.25, -0.2) is 0 Å². The molecule has 3 nitrogen and oxygen atoms in total. The van der Waals surface area contributed by atoms with Crippen molar-refractivity contribution in [1.82, 2.24) is 15.1 Å². The second kappa shape index (κ2) is 8.59. The van der Waals surface area contributed by atoms with Crippen molar-refractivity contribution < 1.29 is 0 Å². The second-order valence-corrected chi connectivity index (χ2v) is 5.56. The van der Waals surface area contributed by atoms with Gasteiger partial charge in [0.1, 0.15) is 0 Å². The molecule has 0 spiro atoms. The van der Waals surface area contributed by atoms with Crippen molar-refractivity contribution >= 4 is 11.8 Å². The first-order chi connectivity index (χ1) is 8.26. The molecule has 0 bridgehead atoms. The maximum atomic E-state index is 4.45. The van der Waals surface area contributed by atoms with Crippen molar-refractivity contribution in [3.63, 3.8) is 0 Å². The minimum absolute atomic E-state index is 0.557. The van der Waals surface area contributed by atoms with E-state index in [9.17, 15) is 0 Å². The van der Waals surface area contributed by atoms with Crippen LogP contribution in [-0.4, -0.2) is 33.9 Å². The molecular formula is C13H25N3S. The fourth-order valence-electron chi connectivity index (χ4n) is 1.73. The van der Waals surface area contributed by atoms with Gasteiger partial charge in [0.2, 0.25) is 0 Å². The Morgan fingerprint density at radius 2 is 2.24 bits per heavy atom. The van der Waals surface area contributed by atoms with Crippen LogP contribution in [-0.2, 0) is 13.5 Å². The third-order valence-electron chi connectivity index (χ3n) is 2.57. The van der Waals surface area contributed by atoms with E-state index in [2.05, 4.69) is 30.3 Å². The van der Waals surface area contributed by atoms with Crippen LogP contribution < -0.4 is 5.32 Å². The van der Waals surface area contributed by atoms with Crippen molar-refractivity contribution in [3.8, 4) is 0 Å². The predicted molar refractivity (Wildman–Crippen MR) is 76.6 cm³/mol. The van der Waals surface area contributed by atoms with E-state index < -0.39 is 0 Å². The summed E-state index contributed by atoms with van der Waals surface area (Å²) in [6.45, 7) is 5.55. The molecule has 0 aliphatic rings. The number of aromatic nitrogens is 2. The molecule has 0 saturated carbocycles. The summed E-state index contributed by atoms with van der Waals surface area (Å²) >= 11 is 2.04. The van der Waals surface area contributed by atoms with E-state index in [0.717, 1.165) is 13.0 Å². The summed E-state index contributed by atoms with van der Waals surface area (Å²) in [7, 11) is 1.98. The van der Waals surface area contributed by atoms with Gasteiger partial charge >= 0.3 is 0 Å². The lowest BCUT2D eigenvalue weighted by Crippen LogP contribution is -2.34. The summed E-state index contributed by atoms with van der Waals surface area (Å²) < 4.78 is 1.88. The van der Waals surface area contributed by atoms with Gasteiger partial charge < -0.3 is 5.32 Å². The first kappa shape index (κ1) is 14.6. The number of nitrogens with one attached hydrogen (secondary N) is 1. The van der Waals surface area contributed by atoms with E-state index in [1.807, 2.05) is 29.7 Å². The number of rotatable bonds is 9. The number of aryl methyl sites for hydroxylation is 1. The monoisotopic (exact) mass is 255 g/mol. The largest absolute Gasteiger partial charge is 0.313 e. The summed E-state index contributed by atoms with van der Waals surface area (Å²) in [4.78, 5) is 0. The molecule has 4 heteroatoms.